The number of thioether (sulfide) groups is 1. The summed E-state index contributed by atoms with van der Waals surface area (Å²) < 4.78 is 0. The smallest absolute Gasteiger partial charge is 0.237 e. The van der Waals surface area contributed by atoms with E-state index in [2.05, 4.69) is 25.6 Å². The lowest BCUT2D eigenvalue weighted by Crippen LogP contribution is -2.23. The van der Waals surface area contributed by atoms with Crippen LogP contribution in [-0.4, -0.2) is 26.1 Å². The molecule has 3 aromatic rings. The highest BCUT2D eigenvalue weighted by Gasteiger charge is 2.16. The highest BCUT2D eigenvalue weighted by atomic mass is 35.5. The van der Waals surface area contributed by atoms with Crippen LogP contribution >= 0.6 is 23.4 Å². The molecule has 0 spiro atoms. The van der Waals surface area contributed by atoms with Crippen molar-refractivity contribution in [2.24, 2.45) is 0 Å². The summed E-state index contributed by atoms with van der Waals surface area (Å²) in [6, 6.07) is 16.6. The molecule has 0 radical (unpaired) electrons. The maximum Gasteiger partial charge on any atom is 0.237 e. The van der Waals surface area contributed by atoms with E-state index in [0.717, 1.165) is 5.69 Å². The molecule has 0 fully saturated rings. The summed E-state index contributed by atoms with van der Waals surface area (Å²) in [6.07, 6.45) is 0. The molecule has 1 heterocycles. The fourth-order valence-electron chi connectivity index (χ4n) is 2.28. The number of nitrogens with zero attached hydrogens (tertiary/aromatic N) is 3. The van der Waals surface area contributed by atoms with Gasteiger partial charge in [0.1, 0.15) is 5.82 Å². The zero-order valence-corrected chi connectivity index (χ0v) is 16.7. The molecule has 1 aromatic heterocycles. The standard InChI is InChI=1S/C19H19ClN6OS/c1-12(17(27)23-15-10-6-5-9-14(15)20)28-11-16-24-18(21)26-19(25-16)22-13-7-3-2-4-8-13/h2-10,12H,11H2,1H3,(H,23,27)(H3,21,22,24,25,26). The molecule has 144 valence electrons. The van der Waals surface area contributed by atoms with Crippen LogP contribution < -0.4 is 16.4 Å². The second kappa shape index (κ2) is 9.38. The lowest BCUT2D eigenvalue weighted by molar-refractivity contribution is -0.115. The number of benzene rings is 2. The Balaban J connectivity index is 1.60. The summed E-state index contributed by atoms with van der Waals surface area (Å²) in [4.78, 5) is 25.0. The zero-order valence-electron chi connectivity index (χ0n) is 15.1. The summed E-state index contributed by atoms with van der Waals surface area (Å²) in [5.41, 5.74) is 7.22. The molecule has 0 saturated heterocycles. The number of hydrogen-bond donors (Lipinski definition) is 3. The number of nitrogens with one attached hydrogen (secondary N) is 2. The molecule has 9 heteroatoms. The minimum Gasteiger partial charge on any atom is -0.368 e. The summed E-state index contributed by atoms with van der Waals surface area (Å²) in [7, 11) is 0. The van der Waals surface area contributed by atoms with E-state index in [4.69, 9.17) is 17.3 Å². The first-order valence-corrected chi connectivity index (χ1v) is 9.93. The molecule has 0 aliphatic carbocycles. The molecule has 2 aromatic carbocycles. The van der Waals surface area contributed by atoms with Crippen LogP contribution in [0.1, 0.15) is 12.7 Å². The predicted octanol–water partition coefficient (Wildman–Crippen LogP) is 4.11. The first kappa shape index (κ1) is 19.9. The van der Waals surface area contributed by atoms with Crippen LogP contribution in [0.4, 0.5) is 23.3 Å². The van der Waals surface area contributed by atoms with Crippen LogP contribution in [-0.2, 0) is 10.5 Å². The first-order chi connectivity index (χ1) is 13.5. The highest BCUT2D eigenvalue weighted by molar-refractivity contribution is 7.99. The van der Waals surface area contributed by atoms with Crippen LogP contribution in [0.3, 0.4) is 0 Å². The Labute approximate surface area is 172 Å². The Morgan fingerprint density at radius 3 is 2.57 bits per heavy atom. The third-order valence-electron chi connectivity index (χ3n) is 3.69. The fraction of sp³-hybridized carbons (Fsp3) is 0.158. The molecular formula is C19H19ClN6OS. The monoisotopic (exact) mass is 414 g/mol. The largest absolute Gasteiger partial charge is 0.368 e. The summed E-state index contributed by atoms with van der Waals surface area (Å²) >= 11 is 7.47. The van der Waals surface area contributed by atoms with E-state index < -0.39 is 0 Å². The summed E-state index contributed by atoms with van der Waals surface area (Å²) in [5, 5.41) is 6.07. The Morgan fingerprint density at radius 1 is 1.11 bits per heavy atom. The van der Waals surface area contributed by atoms with Gasteiger partial charge in [0.25, 0.3) is 0 Å². The van der Waals surface area contributed by atoms with Gasteiger partial charge in [-0.2, -0.15) is 15.0 Å². The lowest BCUT2D eigenvalue weighted by Gasteiger charge is -2.13. The number of amides is 1. The average Bonchev–Trinajstić information content (AvgIpc) is 2.68. The normalized spacial score (nSPS) is 11.6. The third-order valence-corrected chi connectivity index (χ3v) is 5.16. The van der Waals surface area contributed by atoms with E-state index in [0.29, 0.717) is 28.2 Å². The zero-order chi connectivity index (χ0) is 19.9. The van der Waals surface area contributed by atoms with Crippen molar-refractivity contribution in [3.63, 3.8) is 0 Å². The predicted molar refractivity (Wildman–Crippen MR) is 115 cm³/mol. The minimum atomic E-state index is -0.334. The maximum atomic E-state index is 12.4. The van der Waals surface area contributed by atoms with Crippen LogP contribution in [0.5, 0.6) is 0 Å². The second-order valence-corrected chi connectivity index (χ2v) is 7.58. The topological polar surface area (TPSA) is 106 Å². The Kier molecular flexibility index (Phi) is 6.67. The molecule has 7 nitrogen and oxygen atoms in total. The second-order valence-electron chi connectivity index (χ2n) is 5.85. The Hall–Kier alpha value is -2.84. The van der Waals surface area contributed by atoms with Crippen LogP contribution in [0.2, 0.25) is 5.02 Å². The molecule has 3 rings (SSSR count). The van der Waals surface area contributed by atoms with Gasteiger partial charge in [0, 0.05) is 5.69 Å². The summed E-state index contributed by atoms with van der Waals surface area (Å²) in [6.45, 7) is 1.81. The van der Waals surface area contributed by atoms with Crippen molar-refractivity contribution < 1.29 is 4.79 Å². The van der Waals surface area contributed by atoms with Crippen molar-refractivity contribution in [1.29, 1.82) is 0 Å². The van der Waals surface area contributed by atoms with Gasteiger partial charge in [-0.25, -0.2) is 0 Å². The molecule has 0 saturated carbocycles. The van der Waals surface area contributed by atoms with Crippen molar-refractivity contribution in [2.45, 2.75) is 17.9 Å². The number of carbonyl (C=O) groups is 1. The van der Waals surface area contributed by atoms with E-state index >= 15 is 0 Å². The molecule has 1 atom stereocenters. The van der Waals surface area contributed by atoms with E-state index in [-0.39, 0.29) is 17.1 Å². The molecular weight excluding hydrogens is 396 g/mol. The molecule has 0 bridgehead atoms. The Bertz CT molecular complexity index is 956. The third kappa shape index (κ3) is 5.58. The van der Waals surface area contributed by atoms with E-state index in [1.54, 1.807) is 12.1 Å². The first-order valence-electron chi connectivity index (χ1n) is 8.51. The number of halogens is 1. The number of anilines is 4. The van der Waals surface area contributed by atoms with Crippen molar-refractivity contribution in [3.8, 4) is 0 Å². The molecule has 0 aliphatic heterocycles. The highest BCUT2D eigenvalue weighted by Crippen LogP contribution is 2.23. The van der Waals surface area contributed by atoms with Crippen LogP contribution in [0.25, 0.3) is 0 Å². The fourth-order valence-corrected chi connectivity index (χ4v) is 3.20. The van der Waals surface area contributed by atoms with Gasteiger partial charge in [-0.15, -0.1) is 11.8 Å². The van der Waals surface area contributed by atoms with Crippen LogP contribution in [0, 0.1) is 0 Å². The maximum absolute atomic E-state index is 12.4. The summed E-state index contributed by atoms with van der Waals surface area (Å²) in [5.74, 6) is 1.24. The Morgan fingerprint density at radius 2 is 1.82 bits per heavy atom. The number of nitrogen functional groups attached to an aromatic ring is 1. The van der Waals surface area contributed by atoms with Crippen molar-refractivity contribution >= 4 is 52.5 Å². The van der Waals surface area contributed by atoms with Gasteiger partial charge in [0.2, 0.25) is 17.8 Å². The number of nitrogens with two attached hydrogens (primary N) is 1. The lowest BCUT2D eigenvalue weighted by atomic mass is 10.3. The average molecular weight is 415 g/mol. The molecule has 4 N–H and O–H groups in total. The molecule has 1 unspecified atom stereocenters. The molecule has 28 heavy (non-hydrogen) atoms. The van der Waals surface area contributed by atoms with Gasteiger partial charge < -0.3 is 16.4 Å². The number of hydrogen-bond acceptors (Lipinski definition) is 7. The number of para-hydroxylation sites is 2. The van der Waals surface area contributed by atoms with E-state index in [1.807, 2.05) is 49.4 Å². The number of aromatic nitrogens is 3. The van der Waals surface area contributed by atoms with Gasteiger partial charge >= 0.3 is 0 Å². The van der Waals surface area contributed by atoms with Gasteiger partial charge in [-0.3, -0.25) is 4.79 Å². The minimum absolute atomic E-state index is 0.122. The van der Waals surface area contributed by atoms with E-state index in [9.17, 15) is 4.79 Å². The van der Waals surface area contributed by atoms with Crippen molar-refractivity contribution in [3.05, 3.63) is 65.4 Å². The van der Waals surface area contributed by atoms with Gasteiger partial charge in [0.15, 0.2) is 0 Å². The van der Waals surface area contributed by atoms with Gasteiger partial charge in [0.05, 0.1) is 21.7 Å². The SMILES string of the molecule is CC(SCc1nc(N)nc(Nc2ccccc2)n1)C(=O)Nc1ccccc1Cl. The van der Waals surface area contributed by atoms with Crippen LogP contribution in [0.15, 0.2) is 54.6 Å². The van der Waals surface area contributed by atoms with Gasteiger partial charge in [-0.05, 0) is 31.2 Å². The van der Waals surface area contributed by atoms with Crippen molar-refractivity contribution in [2.75, 3.05) is 16.4 Å². The van der Waals surface area contributed by atoms with Gasteiger partial charge in [-0.1, -0.05) is 41.9 Å². The van der Waals surface area contributed by atoms with E-state index in [1.165, 1.54) is 11.8 Å². The molecule has 1 amide bonds. The number of carbonyl (C=O) groups excluding carboxylic acids is 1. The van der Waals surface area contributed by atoms with Crippen molar-refractivity contribution in [1.82, 2.24) is 15.0 Å². The number of rotatable bonds is 7. The quantitative estimate of drug-likeness (QED) is 0.534. The molecule has 0 aliphatic rings.